The predicted octanol–water partition coefficient (Wildman–Crippen LogP) is 4.45. The minimum absolute atomic E-state index is 0.206. The molecule has 1 spiro atoms. The first-order valence-corrected chi connectivity index (χ1v) is 10.8. The van der Waals surface area contributed by atoms with Gasteiger partial charge in [-0.1, -0.05) is 52.6 Å². The maximum absolute atomic E-state index is 12.6. The third-order valence-electron chi connectivity index (χ3n) is 5.54. The van der Waals surface area contributed by atoms with Crippen molar-refractivity contribution in [1.82, 2.24) is 10.2 Å². The fraction of sp³-hybridized carbons (Fsp3) is 0.318. The second-order valence-electron chi connectivity index (χ2n) is 7.70. The van der Waals surface area contributed by atoms with Gasteiger partial charge in [0.15, 0.2) is 0 Å². The molecule has 3 amide bonds. The van der Waals surface area contributed by atoms with E-state index >= 15 is 0 Å². The fourth-order valence-electron chi connectivity index (χ4n) is 3.67. The number of benzene rings is 2. The number of para-hydroxylation sites is 1. The van der Waals surface area contributed by atoms with Crippen molar-refractivity contribution in [2.75, 3.05) is 18.4 Å². The molecule has 0 saturated carbocycles. The summed E-state index contributed by atoms with van der Waals surface area (Å²) in [6.07, 6.45) is 1.63. The average Bonchev–Trinajstić information content (AvgIpc) is 3.19. The Kier molecular flexibility index (Phi) is 6.34. The number of nitrogens with zero attached hydrogens (tertiary/aromatic N) is 2. The van der Waals surface area contributed by atoms with Crippen molar-refractivity contribution in [3.05, 3.63) is 64.1 Å². The molecule has 0 aromatic heterocycles. The first-order valence-electron chi connectivity index (χ1n) is 10.0. The van der Waals surface area contributed by atoms with Crippen molar-refractivity contribution in [3.8, 4) is 0 Å². The highest BCUT2D eigenvalue weighted by molar-refractivity contribution is 6.39. The normalized spacial score (nSPS) is 17.1. The zero-order valence-electron chi connectivity index (χ0n) is 16.7. The summed E-state index contributed by atoms with van der Waals surface area (Å²) in [5, 5.41) is 10.9. The van der Waals surface area contributed by atoms with Gasteiger partial charge in [0, 0.05) is 43.9 Å². The molecule has 0 bridgehead atoms. The number of piperidine rings is 1. The zero-order chi connectivity index (χ0) is 21.8. The molecule has 0 aliphatic carbocycles. The summed E-state index contributed by atoms with van der Waals surface area (Å²) in [5.74, 6) is -0.245. The summed E-state index contributed by atoms with van der Waals surface area (Å²) in [5.41, 5.74) is 1.37. The van der Waals surface area contributed by atoms with Gasteiger partial charge in [0.25, 0.3) is 5.91 Å². The van der Waals surface area contributed by atoms with E-state index in [9.17, 15) is 9.59 Å². The van der Waals surface area contributed by atoms with Gasteiger partial charge in [0.2, 0.25) is 0 Å². The van der Waals surface area contributed by atoms with E-state index in [1.807, 2.05) is 24.3 Å². The number of halogens is 2. The summed E-state index contributed by atoms with van der Waals surface area (Å²) >= 11 is 12.0. The van der Waals surface area contributed by atoms with E-state index in [-0.39, 0.29) is 11.9 Å². The molecule has 1 fully saturated rings. The van der Waals surface area contributed by atoms with Gasteiger partial charge in [-0.3, -0.25) is 4.79 Å². The van der Waals surface area contributed by atoms with Gasteiger partial charge >= 0.3 is 6.03 Å². The highest BCUT2D eigenvalue weighted by atomic mass is 35.5. The van der Waals surface area contributed by atoms with Crippen LogP contribution in [0.1, 0.15) is 24.8 Å². The second-order valence-corrected chi connectivity index (χ2v) is 8.54. The van der Waals surface area contributed by atoms with Crippen LogP contribution in [0.3, 0.4) is 0 Å². The SMILES string of the molecule is O=C(NCc1ccc(Cl)cc1)C1=NOC2(CCN(C(=O)Nc3ccccc3Cl)CC2)C1. The summed E-state index contributed by atoms with van der Waals surface area (Å²) < 4.78 is 0. The van der Waals surface area contributed by atoms with Crippen LogP contribution in [0.25, 0.3) is 0 Å². The van der Waals surface area contributed by atoms with Gasteiger partial charge in [-0.05, 0) is 29.8 Å². The monoisotopic (exact) mass is 460 g/mol. The molecule has 0 unspecified atom stereocenters. The number of nitrogens with one attached hydrogen (secondary N) is 2. The lowest BCUT2D eigenvalue weighted by molar-refractivity contribution is -0.115. The highest BCUT2D eigenvalue weighted by Gasteiger charge is 2.44. The Labute approximate surface area is 190 Å². The van der Waals surface area contributed by atoms with Gasteiger partial charge < -0.3 is 20.4 Å². The van der Waals surface area contributed by atoms with Crippen LogP contribution < -0.4 is 10.6 Å². The van der Waals surface area contributed by atoms with E-state index in [2.05, 4.69) is 15.8 Å². The Bertz CT molecular complexity index is 1000. The van der Waals surface area contributed by atoms with E-state index in [4.69, 9.17) is 28.0 Å². The number of urea groups is 1. The molecule has 2 aromatic rings. The van der Waals surface area contributed by atoms with Crippen molar-refractivity contribution >= 4 is 46.5 Å². The largest absolute Gasteiger partial charge is 0.388 e. The number of anilines is 1. The van der Waals surface area contributed by atoms with Gasteiger partial charge in [-0.25, -0.2) is 4.79 Å². The van der Waals surface area contributed by atoms with Crippen LogP contribution in [0.15, 0.2) is 53.7 Å². The Hall–Kier alpha value is -2.77. The van der Waals surface area contributed by atoms with Gasteiger partial charge in [-0.2, -0.15) is 0 Å². The maximum atomic E-state index is 12.6. The Morgan fingerprint density at radius 3 is 2.48 bits per heavy atom. The van der Waals surface area contributed by atoms with Crippen molar-refractivity contribution in [3.63, 3.8) is 0 Å². The molecule has 2 heterocycles. The minimum Gasteiger partial charge on any atom is -0.388 e. The summed E-state index contributed by atoms with van der Waals surface area (Å²) in [6.45, 7) is 1.40. The van der Waals surface area contributed by atoms with Crippen LogP contribution in [0, 0.1) is 0 Å². The lowest BCUT2D eigenvalue weighted by atomic mass is 9.87. The second kappa shape index (κ2) is 9.16. The smallest absolute Gasteiger partial charge is 0.321 e. The minimum atomic E-state index is -0.534. The third-order valence-corrected chi connectivity index (χ3v) is 6.13. The van der Waals surface area contributed by atoms with Gasteiger partial charge in [0.05, 0.1) is 10.7 Å². The molecule has 2 aliphatic rings. The third kappa shape index (κ3) is 5.11. The number of carbonyl (C=O) groups excluding carboxylic acids is 2. The molecule has 9 heteroatoms. The van der Waals surface area contributed by atoms with Crippen LogP contribution in [0.2, 0.25) is 10.0 Å². The predicted molar refractivity (Wildman–Crippen MR) is 120 cm³/mol. The number of likely N-dealkylation sites (tertiary alicyclic amines) is 1. The summed E-state index contributed by atoms with van der Waals surface area (Å²) in [7, 11) is 0. The lowest BCUT2D eigenvalue weighted by Gasteiger charge is -2.37. The topological polar surface area (TPSA) is 83.0 Å². The molecule has 2 N–H and O–H groups in total. The van der Waals surface area contributed by atoms with Crippen LogP contribution >= 0.6 is 23.2 Å². The molecule has 4 rings (SSSR count). The van der Waals surface area contributed by atoms with E-state index in [0.29, 0.717) is 60.3 Å². The molecule has 1 saturated heterocycles. The Balaban J connectivity index is 1.26. The van der Waals surface area contributed by atoms with Gasteiger partial charge in [-0.15, -0.1) is 0 Å². The Morgan fingerprint density at radius 2 is 1.77 bits per heavy atom. The van der Waals surface area contributed by atoms with Crippen LogP contribution in [0.5, 0.6) is 0 Å². The average molecular weight is 461 g/mol. The summed E-state index contributed by atoms with van der Waals surface area (Å²) in [4.78, 5) is 32.4. The quantitative estimate of drug-likeness (QED) is 0.706. The molecular formula is C22H22Cl2N4O3. The van der Waals surface area contributed by atoms with Crippen molar-refractivity contribution in [2.24, 2.45) is 5.16 Å². The number of hydrogen-bond donors (Lipinski definition) is 2. The highest BCUT2D eigenvalue weighted by Crippen LogP contribution is 2.35. The summed E-state index contributed by atoms with van der Waals surface area (Å²) in [6, 6.07) is 14.2. The first-order chi connectivity index (χ1) is 14.9. The van der Waals surface area contributed by atoms with Gasteiger partial charge in [0.1, 0.15) is 11.3 Å². The first kappa shape index (κ1) is 21.5. The molecule has 0 radical (unpaired) electrons. The number of carbonyl (C=O) groups is 2. The number of oxime groups is 1. The molecular weight excluding hydrogens is 439 g/mol. The maximum Gasteiger partial charge on any atom is 0.321 e. The molecule has 7 nitrogen and oxygen atoms in total. The molecule has 162 valence electrons. The number of hydrogen-bond acceptors (Lipinski definition) is 4. The van der Waals surface area contributed by atoms with Crippen molar-refractivity contribution in [2.45, 2.75) is 31.4 Å². The standard InChI is InChI=1S/C22H22Cl2N4O3/c23-16-7-5-15(6-8-16)14-25-20(29)19-13-22(31-27-19)9-11-28(12-10-22)21(30)26-18-4-2-1-3-17(18)24/h1-8H,9-14H2,(H,25,29)(H,26,30). The molecule has 2 aromatic carbocycles. The fourth-order valence-corrected chi connectivity index (χ4v) is 3.98. The van der Waals surface area contributed by atoms with Crippen LogP contribution in [-0.2, 0) is 16.2 Å². The van der Waals surface area contributed by atoms with Crippen LogP contribution in [0.4, 0.5) is 10.5 Å². The lowest BCUT2D eigenvalue weighted by Crippen LogP contribution is -2.48. The van der Waals surface area contributed by atoms with Crippen LogP contribution in [-0.4, -0.2) is 41.2 Å². The van der Waals surface area contributed by atoms with E-state index in [1.54, 1.807) is 29.2 Å². The van der Waals surface area contributed by atoms with E-state index in [0.717, 1.165) is 5.56 Å². The number of rotatable bonds is 4. The van der Waals surface area contributed by atoms with Crippen molar-refractivity contribution < 1.29 is 14.4 Å². The van der Waals surface area contributed by atoms with E-state index < -0.39 is 5.60 Å². The van der Waals surface area contributed by atoms with E-state index in [1.165, 1.54) is 0 Å². The zero-order valence-corrected chi connectivity index (χ0v) is 18.2. The molecule has 31 heavy (non-hydrogen) atoms. The van der Waals surface area contributed by atoms with Crippen molar-refractivity contribution in [1.29, 1.82) is 0 Å². The number of amides is 3. The Morgan fingerprint density at radius 1 is 1.06 bits per heavy atom. The molecule has 2 aliphatic heterocycles. The molecule has 0 atom stereocenters.